The Morgan fingerprint density at radius 2 is 2.25 bits per heavy atom. The van der Waals surface area contributed by atoms with Crippen LogP contribution in [0.2, 0.25) is 0 Å². The van der Waals surface area contributed by atoms with E-state index < -0.39 is 22.3 Å². The molecular formula is C5H10N2O4S. The van der Waals surface area contributed by atoms with E-state index >= 15 is 0 Å². The van der Waals surface area contributed by atoms with Crippen molar-refractivity contribution >= 4 is 16.3 Å². The summed E-state index contributed by atoms with van der Waals surface area (Å²) in [5, 5.41) is 7.29. The zero-order chi connectivity index (χ0) is 9.19. The number of nitrogens with one attached hydrogen (secondary N) is 1. The van der Waals surface area contributed by atoms with Crippen LogP contribution in [0.15, 0.2) is 0 Å². The second-order valence-corrected chi connectivity index (χ2v) is 3.70. The molecule has 0 aliphatic carbocycles. The van der Waals surface area contributed by atoms with Gasteiger partial charge in [0.2, 0.25) is 0 Å². The van der Waals surface area contributed by atoms with Crippen molar-refractivity contribution in [2.45, 2.75) is 18.9 Å². The van der Waals surface area contributed by atoms with Crippen molar-refractivity contribution < 1.29 is 17.4 Å². The number of hydrogen-bond acceptors (Lipinski definition) is 5. The number of nitrogens with two attached hydrogens (primary N) is 1. The van der Waals surface area contributed by atoms with Crippen LogP contribution in [0.25, 0.3) is 0 Å². The lowest BCUT2D eigenvalue weighted by Crippen LogP contribution is -2.35. The molecule has 1 fully saturated rings. The molecule has 0 aromatic heterocycles. The van der Waals surface area contributed by atoms with Crippen LogP contribution >= 0.6 is 0 Å². The predicted octanol–water partition coefficient (Wildman–Crippen LogP) is -1.51. The quantitative estimate of drug-likeness (QED) is 0.556. The van der Waals surface area contributed by atoms with Gasteiger partial charge >= 0.3 is 16.3 Å². The van der Waals surface area contributed by atoms with Gasteiger partial charge in [0.1, 0.15) is 6.04 Å². The van der Waals surface area contributed by atoms with Crippen molar-refractivity contribution in [3.8, 4) is 0 Å². The molecule has 1 atom stereocenters. The number of carbonyl (C=O) groups excluding carboxylic acids is 1. The van der Waals surface area contributed by atoms with E-state index in [9.17, 15) is 13.2 Å². The van der Waals surface area contributed by atoms with Gasteiger partial charge in [0.05, 0.1) is 0 Å². The summed E-state index contributed by atoms with van der Waals surface area (Å²) in [5.74, 6) is -0.824. The molecule has 7 heteroatoms. The van der Waals surface area contributed by atoms with E-state index in [1.807, 2.05) is 0 Å². The van der Waals surface area contributed by atoms with Crippen LogP contribution in [0.4, 0.5) is 0 Å². The summed E-state index contributed by atoms with van der Waals surface area (Å²) in [7, 11) is -4.15. The third kappa shape index (κ3) is 2.76. The largest absolute Gasteiger partial charge is 0.382 e. The van der Waals surface area contributed by atoms with Crippen LogP contribution in [0.3, 0.4) is 0 Å². The number of hydrogen-bond donors (Lipinski definition) is 2. The third-order valence-electron chi connectivity index (χ3n) is 1.54. The monoisotopic (exact) mass is 194 g/mol. The molecule has 1 rings (SSSR count). The highest BCUT2D eigenvalue weighted by Gasteiger charge is 2.26. The van der Waals surface area contributed by atoms with Gasteiger partial charge in [-0.15, -0.1) is 0 Å². The molecule has 1 unspecified atom stereocenters. The predicted molar refractivity (Wildman–Crippen MR) is 40.2 cm³/mol. The normalized spacial score (nSPS) is 23.9. The van der Waals surface area contributed by atoms with Crippen molar-refractivity contribution in [3.05, 3.63) is 0 Å². The highest BCUT2D eigenvalue weighted by Crippen LogP contribution is 2.06. The molecule has 3 N–H and O–H groups in total. The van der Waals surface area contributed by atoms with E-state index in [2.05, 4.69) is 14.6 Å². The molecule has 0 saturated carbocycles. The molecule has 70 valence electrons. The van der Waals surface area contributed by atoms with E-state index in [1.54, 1.807) is 0 Å². The van der Waals surface area contributed by atoms with E-state index in [0.29, 0.717) is 13.0 Å². The Labute approximate surface area is 70.3 Å². The van der Waals surface area contributed by atoms with Crippen LogP contribution in [0.1, 0.15) is 12.8 Å². The van der Waals surface area contributed by atoms with Gasteiger partial charge in [0.25, 0.3) is 0 Å². The van der Waals surface area contributed by atoms with E-state index in [0.717, 1.165) is 6.42 Å². The van der Waals surface area contributed by atoms with E-state index in [1.165, 1.54) is 0 Å². The fourth-order valence-electron chi connectivity index (χ4n) is 1.06. The first-order chi connectivity index (χ1) is 5.49. The maximum absolute atomic E-state index is 10.9. The standard InChI is InChI=1S/C5H10N2O4S/c6-12(9,10)11-5(8)4-2-1-3-7-4/h4,7H,1-3H2,(H2,6,9,10). The fourth-order valence-corrected chi connectivity index (χ4v) is 1.40. The smallest absolute Gasteiger partial charge is 0.333 e. The van der Waals surface area contributed by atoms with Gasteiger partial charge in [-0.25, -0.2) is 4.79 Å². The van der Waals surface area contributed by atoms with Crippen molar-refractivity contribution in [1.82, 2.24) is 5.32 Å². The summed E-state index contributed by atoms with van der Waals surface area (Å²) in [6.07, 6.45) is 1.43. The average molecular weight is 194 g/mol. The van der Waals surface area contributed by atoms with Gasteiger partial charge < -0.3 is 9.50 Å². The SMILES string of the molecule is NS(=O)(=O)OC(=O)C1CCCN1. The van der Waals surface area contributed by atoms with Crippen LogP contribution in [-0.4, -0.2) is 27.0 Å². The molecular weight excluding hydrogens is 184 g/mol. The molecule has 0 spiro atoms. The number of carbonyl (C=O) groups is 1. The molecule has 0 radical (unpaired) electrons. The van der Waals surface area contributed by atoms with Gasteiger partial charge in [-0.1, -0.05) is 0 Å². The topological polar surface area (TPSA) is 98.5 Å². The minimum absolute atomic E-state index is 0.525. The summed E-state index contributed by atoms with van der Waals surface area (Å²) in [4.78, 5) is 10.9. The van der Waals surface area contributed by atoms with Gasteiger partial charge in [-0.2, -0.15) is 13.6 Å². The minimum Gasteiger partial charge on any atom is -0.333 e. The Hall–Kier alpha value is -0.660. The molecule has 0 amide bonds. The zero-order valence-electron chi connectivity index (χ0n) is 6.32. The molecule has 1 heterocycles. The lowest BCUT2D eigenvalue weighted by Gasteiger charge is -2.06. The molecule has 1 aliphatic heterocycles. The third-order valence-corrected chi connectivity index (χ3v) is 1.94. The Morgan fingerprint density at radius 3 is 2.67 bits per heavy atom. The lowest BCUT2D eigenvalue weighted by atomic mass is 10.2. The lowest BCUT2D eigenvalue weighted by molar-refractivity contribution is -0.135. The Morgan fingerprint density at radius 1 is 1.58 bits per heavy atom. The molecule has 0 aromatic carbocycles. The van der Waals surface area contributed by atoms with Gasteiger partial charge in [-0.3, -0.25) is 0 Å². The Balaban J connectivity index is 2.48. The van der Waals surface area contributed by atoms with Crippen molar-refractivity contribution in [1.29, 1.82) is 0 Å². The summed E-state index contributed by atoms with van der Waals surface area (Å²) < 4.78 is 24.6. The average Bonchev–Trinajstić information content (AvgIpc) is 2.32. The van der Waals surface area contributed by atoms with Crippen molar-refractivity contribution in [2.75, 3.05) is 6.54 Å². The minimum atomic E-state index is -4.15. The van der Waals surface area contributed by atoms with Crippen molar-refractivity contribution in [3.63, 3.8) is 0 Å². The second kappa shape index (κ2) is 3.38. The molecule has 1 saturated heterocycles. The molecule has 12 heavy (non-hydrogen) atoms. The molecule has 0 bridgehead atoms. The highest BCUT2D eigenvalue weighted by molar-refractivity contribution is 7.84. The summed E-state index contributed by atoms with van der Waals surface area (Å²) in [6.45, 7) is 0.699. The highest BCUT2D eigenvalue weighted by atomic mass is 32.2. The first kappa shape index (κ1) is 9.43. The van der Waals surface area contributed by atoms with E-state index in [-0.39, 0.29) is 0 Å². The zero-order valence-corrected chi connectivity index (χ0v) is 7.13. The van der Waals surface area contributed by atoms with Crippen LogP contribution in [0.5, 0.6) is 0 Å². The number of rotatable bonds is 2. The van der Waals surface area contributed by atoms with E-state index in [4.69, 9.17) is 0 Å². The molecule has 0 aromatic rings. The summed E-state index contributed by atoms with van der Waals surface area (Å²) in [6, 6.07) is -0.525. The summed E-state index contributed by atoms with van der Waals surface area (Å²) >= 11 is 0. The maximum Gasteiger partial charge on any atom is 0.382 e. The van der Waals surface area contributed by atoms with Crippen molar-refractivity contribution in [2.24, 2.45) is 5.14 Å². The Kier molecular flexibility index (Phi) is 2.65. The van der Waals surface area contributed by atoms with Crippen LogP contribution in [0, 0.1) is 0 Å². The van der Waals surface area contributed by atoms with Gasteiger partial charge in [0, 0.05) is 0 Å². The fraction of sp³-hybridized carbons (Fsp3) is 0.800. The second-order valence-electron chi connectivity index (χ2n) is 2.54. The Bertz CT molecular complexity index is 267. The van der Waals surface area contributed by atoms with Gasteiger partial charge in [-0.05, 0) is 19.4 Å². The summed E-state index contributed by atoms with van der Waals surface area (Å²) in [5.41, 5.74) is 0. The first-order valence-electron chi connectivity index (χ1n) is 3.48. The maximum atomic E-state index is 10.9. The molecule has 1 aliphatic rings. The van der Waals surface area contributed by atoms with Crippen LogP contribution in [-0.2, 0) is 19.3 Å². The van der Waals surface area contributed by atoms with Gasteiger partial charge in [0.15, 0.2) is 0 Å². The first-order valence-corrected chi connectivity index (χ1v) is 4.95. The molecule has 6 nitrogen and oxygen atoms in total. The van der Waals surface area contributed by atoms with Crippen LogP contribution < -0.4 is 10.5 Å².